The third-order valence-electron chi connectivity index (χ3n) is 8.83. The second-order valence-electron chi connectivity index (χ2n) is 11.4. The number of hydrogen-bond acceptors (Lipinski definition) is 18. The van der Waals surface area contributed by atoms with E-state index < -0.39 is 87.4 Å². The van der Waals surface area contributed by atoms with Gasteiger partial charge in [-0.3, -0.25) is 18.8 Å². The quantitative estimate of drug-likeness (QED) is 0.109. The van der Waals surface area contributed by atoms with Gasteiger partial charge in [-0.1, -0.05) is 5.21 Å². The minimum absolute atomic E-state index is 0.129. The average molecular weight is 702 g/mol. The van der Waals surface area contributed by atoms with Crippen LogP contribution in [-0.4, -0.2) is 108 Å². The first-order valence-corrected chi connectivity index (χ1v) is 17.7. The molecule has 22 nitrogen and oxygen atoms in total. The molecule has 246 valence electrons. The van der Waals surface area contributed by atoms with Crippen molar-refractivity contribution in [1.82, 2.24) is 44.5 Å². The first-order valence-electron chi connectivity index (χ1n) is 13.7. The summed E-state index contributed by atoms with van der Waals surface area (Å²) in [4.78, 5) is 53.0. The van der Waals surface area contributed by atoms with Crippen LogP contribution >= 0.6 is 14.5 Å². The number of phosphoric acid groups is 1. The van der Waals surface area contributed by atoms with Crippen molar-refractivity contribution in [2.24, 2.45) is 11.3 Å². The summed E-state index contributed by atoms with van der Waals surface area (Å²) in [6.45, 7) is -5.27. The Morgan fingerprint density at radius 2 is 1.89 bits per heavy atom. The lowest BCUT2D eigenvalue weighted by Gasteiger charge is -2.31. The van der Waals surface area contributed by atoms with Crippen LogP contribution in [0.1, 0.15) is 18.7 Å². The van der Waals surface area contributed by atoms with Crippen molar-refractivity contribution in [1.29, 1.82) is 0 Å². The minimum Gasteiger partial charge on any atom is -0.388 e. The van der Waals surface area contributed by atoms with Gasteiger partial charge in [-0.25, -0.2) is 19.5 Å². The lowest BCUT2D eigenvalue weighted by atomic mass is 10.0. The number of fused-ring (bicyclic) bond motifs is 4. The van der Waals surface area contributed by atoms with E-state index in [9.17, 15) is 29.4 Å². The Morgan fingerprint density at radius 1 is 1.09 bits per heavy atom. The molecule has 4 aromatic heterocycles. The van der Waals surface area contributed by atoms with Crippen molar-refractivity contribution in [3.8, 4) is 0 Å². The molecule has 2 saturated heterocycles. The molecule has 4 aliphatic rings. The number of aliphatic hydroxyl groups excluding tert-OH is 2. The lowest BCUT2D eigenvalue weighted by molar-refractivity contribution is -0.0662. The zero-order valence-corrected chi connectivity index (χ0v) is 25.7. The summed E-state index contributed by atoms with van der Waals surface area (Å²) in [5, 5.41) is 30.3. The molecule has 46 heavy (non-hydrogen) atoms. The number of rotatable bonds is 2. The maximum Gasteiger partial charge on any atom is 0.472 e. The van der Waals surface area contributed by atoms with Crippen LogP contribution in [0.15, 0.2) is 17.4 Å². The summed E-state index contributed by atoms with van der Waals surface area (Å²) in [5.74, 6) is -0.586. The van der Waals surface area contributed by atoms with Crippen LogP contribution < -0.4 is 17.0 Å². The molecule has 2 bridgehead atoms. The Morgan fingerprint density at radius 3 is 2.70 bits per heavy atom. The van der Waals surface area contributed by atoms with Gasteiger partial charge in [-0.05, 0) is 24.1 Å². The summed E-state index contributed by atoms with van der Waals surface area (Å²) in [6, 6.07) is -0.746. The molecular weight excluding hydrogens is 676 g/mol. The molecule has 11 atom stereocenters. The fraction of sp³-hybridized carbons (Fsp3) is 0.571. The number of anilines is 2. The molecule has 6 heterocycles. The van der Waals surface area contributed by atoms with E-state index >= 15 is 0 Å². The standard InChI is InChI=1S/C21H25N11O11P2S/c22-15-8-16(25-4-24-15)31(5-26-8)10-6-1-21(6)3-40-44(36,37)42-13-11(33)7(2-39-45(38,46)43-14(21)12(10)34)41-19(13)32-17-9(29-30-32)18(35)28-20(23)27-17/h4-7,10-14,19,33-34H,1-3H2,(H,36,37)(H,38,46)(H2,22,24,25)(H3,23,27,28,35)/t6-,7-,10-,11-,12+,13-,14+,19-,21+,45?/m1/s1. The first kappa shape index (κ1) is 30.3. The Labute approximate surface area is 260 Å². The third-order valence-corrected chi connectivity index (χ3v) is 11.3. The summed E-state index contributed by atoms with van der Waals surface area (Å²) >= 11 is 5.29. The molecule has 2 unspecified atom stereocenters. The van der Waals surface area contributed by atoms with Gasteiger partial charge in [0.15, 0.2) is 28.9 Å². The van der Waals surface area contributed by atoms with E-state index in [1.54, 1.807) is 4.57 Å². The Hall–Kier alpha value is -3.05. The topological polar surface area (TPSA) is 316 Å². The maximum absolute atomic E-state index is 13.4. The number of imidazole rings is 1. The second kappa shape index (κ2) is 10.2. The van der Waals surface area contributed by atoms with Crippen molar-refractivity contribution >= 4 is 60.4 Å². The molecule has 1 spiro atoms. The van der Waals surface area contributed by atoms with Crippen molar-refractivity contribution in [3.63, 3.8) is 0 Å². The molecule has 0 amide bonds. The molecule has 4 fully saturated rings. The van der Waals surface area contributed by atoms with Gasteiger partial charge >= 0.3 is 14.5 Å². The normalized spacial score (nSPS) is 41.0. The SMILES string of the molecule is Nc1nc2c(nnn2[C@@H]2O[C@@H]3COP(O)(=S)O[C@H]4[C@@H](O)[C@H](n5cnc6c(N)ncnc65)[C@H]5C[C@]54COP(=O)(O)O[C@@H]2[C@@H]3O)c(=O)[nH]1. The van der Waals surface area contributed by atoms with Gasteiger partial charge in [0.25, 0.3) is 5.56 Å². The number of nitrogen functional groups attached to an aromatic ring is 2. The van der Waals surface area contributed by atoms with Crippen molar-refractivity contribution in [2.75, 3.05) is 24.7 Å². The van der Waals surface area contributed by atoms with Gasteiger partial charge in [0, 0.05) is 5.41 Å². The smallest absolute Gasteiger partial charge is 0.388 e. The third kappa shape index (κ3) is 4.62. The number of ether oxygens (including phenoxy) is 1. The van der Waals surface area contributed by atoms with Crippen molar-refractivity contribution in [3.05, 3.63) is 23.0 Å². The lowest BCUT2D eigenvalue weighted by Crippen LogP contribution is -2.38. The Kier molecular flexibility index (Phi) is 6.73. The Balaban J connectivity index is 1.14. The van der Waals surface area contributed by atoms with E-state index in [0.29, 0.717) is 17.6 Å². The molecular formula is C21H25N11O11P2S. The van der Waals surface area contributed by atoms with E-state index in [2.05, 4.69) is 35.2 Å². The number of nitrogens with one attached hydrogen (secondary N) is 1. The molecule has 8 rings (SSSR count). The number of phosphoric ester groups is 1. The number of nitrogens with two attached hydrogens (primary N) is 2. The predicted octanol–water partition coefficient (Wildman–Crippen LogP) is -2.17. The van der Waals surface area contributed by atoms with Gasteiger partial charge in [0.1, 0.15) is 42.4 Å². The minimum atomic E-state index is -5.03. The van der Waals surface area contributed by atoms with Crippen LogP contribution in [0.4, 0.5) is 11.8 Å². The van der Waals surface area contributed by atoms with E-state index in [0.717, 1.165) is 4.68 Å². The van der Waals surface area contributed by atoms with E-state index in [1.165, 1.54) is 12.7 Å². The summed E-state index contributed by atoms with van der Waals surface area (Å²) in [5.41, 5.74) is 9.99. The van der Waals surface area contributed by atoms with Crippen LogP contribution in [0.5, 0.6) is 0 Å². The largest absolute Gasteiger partial charge is 0.472 e. The monoisotopic (exact) mass is 701 g/mol. The first-order chi connectivity index (χ1) is 21.8. The highest BCUT2D eigenvalue weighted by atomic mass is 32.5. The molecule has 25 heteroatoms. The molecule has 2 aliphatic heterocycles. The highest BCUT2D eigenvalue weighted by molar-refractivity contribution is 8.07. The number of hydrogen-bond donors (Lipinski definition) is 7. The molecule has 0 radical (unpaired) electrons. The summed E-state index contributed by atoms with van der Waals surface area (Å²) in [6.07, 6.45) is -5.80. The van der Waals surface area contributed by atoms with Gasteiger partial charge in [-0.2, -0.15) is 9.67 Å². The second-order valence-corrected chi connectivity index (χ2v) is 15.6. The zero-order chi connectivity index (χ0) is 32.3. The van der Waals surface area contributed by atoms with Crippen LogP contribution in [0.25, 0.3) is 22.3 Å². The van der Waals surface area contributed by atoms with Crippen molar-refractivity contribution < 1.29 is 47.4 Å². The number of aromatic amines is 1. The van der Waals surface area contributed by atoms with Gasteiger partial charge < -0.3 is 49.8 Å². The molecule has 2 aliphatic carbocycles. The molecule has 2 saturated carbocycles. The van der Waals surface area contributed by atoms with E-state index in [4.69, 9.17) is 46.1 Å². The van der Waals surface area contributed by atoms with Gasteiger partial charge in [0.05, 0.1) is 25.6 Å². The summed E-state index contributed by atoms with van der Waals surface area (Å²) < 4.78 is 44.2. The zero-order valence-electron chi connectivity index (χ0n) is 23.1. The highest BCUT2D eigenvalue weighted by Gasteiger charge is 2.74. The summed E-state index contributed by atoms with van der Waals surface area (Å²) in [7, 11) is -5.03. The number of aliphatic hydroxyl groups is 2. The molecule has 4 aromatic rings. The van der Waals surface area contributed by atoms with Crippen LogP contribution in [0.2, 0.25) is 0 Å². The molecule has 9 N–H and O–H groups in total. The average Bonchev–Trinajstić information content (AvgIpc) is 3.26. The van der Waals surface area contributed by atoms with Crippen LogP contribution in [0, 0.1) is 11.3 Å². The molecule has 0 aromatic carbocycles. The fourth-order valence-corrected chi connectivity index (χ4v) is 9.16. The van der Waals surface area contributed by atoms with Gasteiger partial charge in [0.2, 0.25) is 5.95 Å². The van der Waals surface area contributed by atoms with Crippen molar-refractivity contribution in [2.45, 2.75) is 49.2 Å². The fourth-order valence-electron chi connectivity index (χ4n) is 6.68. The van der Waals surface area contributed by atoms with E-state index in [-0.39, 0.29) is 22.9 Å². The highest BCUT2D eigenvalue weighted by Crippen LogP contribution is 2.72. The number of nitrogens with zero attached hydrogens (tertiary/aromatic N) is 8. The van der Waals surface area contributed by atoms with Crippen LogP contribution in [0.3, 0.4) is 0 Å². The Bertz CT molecular complexity index is 2050. The van der Waals surface area contributed by atoms with Gasteiger partial charge in [-0.15, -0.1) is 5.10 Å². The predicted molar refractivity (Wildman–Crippen MR) is 154 cm³/mol. The number of aromatic nitrogens is 9. The van der Waals surface area contributed by atoms with Crippen LogP contribution in [-0.2, 0) is 39.2 Å². The maximum atomic E-state index is 13.4. The number of H-pyrrole nitrogens is 1. The van der Waals surface area contributed by atoms with E-state index in [1.807, 2.05) is 0 Å².